The molecule has 0 saturated heterocycles. The van der Waals surface area contributed by atoms with E-state index in [1.807, 2.05) is 20.8 Å². The van der Waals surface area contributed by atoms with Crippen molar-refractivity contribution >= 4 is 23.7 Å². The average molecular weight is 358 g/mol. The summed E-state index contributed by atoms with van der Waals surface area (Å²) in [5.41, 5.74) is 10.6. The number of carbonyl (C=O) groups is 4. The molecule has 7 N–H and O–H groups in total. The van der Waals surface area contributed by atoms with Crippen LogP contribution in [0.15, 0.2) is 0 Å². The van der Waals surface area contributed by atoms with Crippen molar-refractivity contribution < 1.29 is 24.3 Å². The molecule has 0 fully saturated rings. The van der Waals surface area contributed by atoms with Gasteiger partial charge in [0, 0.05) is 0 Å². The van der Waals surface area contributed by atoms with Crippen molar-refractivity contribution in [2.45, 2.75) is 65.1 Å². The fourth-order valence-corrected chi connectivity index (χ4v) is 2.23. The molecule has 144 valence electrons. The Hall–Kier alpha value is -2.16. The van der Waals surface area contributed by atoms with Crippen LogP contribution in [0, 0.1) is 11.8 Å². The van der Waals surface area contributed by atoms with Crippen LogP contribution in [0.1, 0.15) is 47.0 Å². The van der Waals surface area contributed by atoms with Crippen LogP contribution < -0.4 is 22.1 Å². The topological polar surface area (TPSA) is 165 Å². The van der Waals surface area contributed by atoms with E-state index in [1.165, 1.54) is 0 Å². The number of hydrogen-bond donors (Lipinski definition) is 5. The molecule has 9 heteroatoms. The van der Waals surface area contributed by atoms with E-state index in [2.05, 4.69) is 10.6 Å². The number of nitrogens with one attached hydrogen (secondary N) is 2. The third-order valence-electron chi connectivity index (χ3n) is 3.87. The SMILES string of the molecule is CC[C@H](C)[C@H](NC(=O)[C@@H](N)CC(N)=O)C(=O)N[C@@H](CC(C)C)C(=O)O. The molecule has 0 aromatic rings. The number of aliphatic carboxylic acids is 1. The monoisotopic (exact) mass is 358 g/mol. The zero-order chi connectivity index (χ0) is 19.7. The van der Waals surface area contributed by atoms with E-state index < -0.39 is 41.8 Å². The summed E-state index contributed by atoms with van der Waals surface area (Å²) in [4.78, 5) is 46.7. The summed E-state index contributed by atoms with van der Waals surface area (Å²) in [5.74, 6) is -3.32. The van der Waals surface area contributed by atoms with E-state index in [9.17, 15) is 24.3 Å². The number of nitrogens with two attached hydrogens (primary N) is 2. The maximum absolute atomic E-state index is 12.5. The summed E-state index contributed by atoms with van der Waals surface area (Å²) >= 11 is 0. The molecule has 0 rings (SSSR count). The van der Waals surface area contributed by atoms with E-state index in [1.54, 1.807) is 6.92 Å². The van der Waals surface area contributed by atoms with Gasteiger partial charge >= 0.3 is 5.97 Å². The smallest absolute Gasteiger partial charge is 0.326 e. The fourth-order valence-electron chi connectivity index (χ4n) is 2.23. The van der Waals surface area contributed by atoms with Gasteiger partial charge in [0.1, 0.15) is 12.1 Å². The lowest BCUT2D eigenvalue weighted by molar-refractivity contribution is -0.143. The van der Waals surface area contributed by atoms with Crippen molar-refractivity contribution in [1.29, 1.82) is 0 Å². The van der Waals surface area contributed by atoms with Crippen molar-refractivity contribution in [2.24, 2.45) is 23.3 Å². The van der Waals surface area contributed by atoms with Gasteiger partial charge in [-0.15, -0.1) is 0 Å². The Kier molecular flexibility index (Phi) is 9.73. The third kappa shape index (κ3) is 8.48. The second-order valence-electron chi connectivity index (χ2n) is 6.68. The highest BCUT2D eigenvalue weighted by molar-refractivity contribution is 5.93. The first-order chi connectivity index (χ1) is 11.5. The van der Waals surface area contributed by atoms with Crippen LogP contribution in [0.5, 0.6) is 0 Å². The van der Waals surface area contributed by atoms with Gasteiger partial charge in [-0.3, -0.25) is 14.4 Å². The zero-order valence-electron chi connectivity index (χ0n) is 15.2. The highest BCUT2D eigenvalue weighted by Gasteiger charge is 2.31. The Bertz CT molecular complexity index is 495. The Morgan fingerprint density at radius 2 is 1.60 bits per heavy atom. The molecular weight excluding hydrogens is 328 g/mol. The molecular formula is C16H30N4O5. The van der Waals surface area contributed by atoms with Crippen molar-refractivity contribution in [3.05, 3.63) is 0 Å². The molecule has 0 aromatic carbocycles. The van der Waals surface area contributed by atoms with E-state index in [0.29, 0.717) is 6.42 Å². The molecule has 0 bridgehead atoms. The zero-order valence-corrected chi connectivity index (χ0v) is 15.2. The first kappa shape index (κ1) is 22.8. The molecule has 0 spiro atoms. The first-order valence-corrected chi connectivity index (χ1v) is 8.36. The molecule has 0 aliphatic rings. The molecule has 0 unspecified atom stereocenters. The lowest BCUT2D eigenvalue weighted by Gasteiger charge is -2.27. The van der Waals surface area contributed by atoms with Crippen molar-refractivity contribution in [3.63, 3.8) is 0 Å². The molecule has 4 atom stereocenters. The van der Waals surface area contributed by atoms with E-state index in [0.717, 1.165) is 0 Å². The second-order valence-corrected chi connectivity index (χ2v) is 6.68. The number of carboxylic acid groups (broad SMARTS) is 1. The molecule has 0 radical (unpaired) electrons. The lowest BCUT2D eigenvalue weighted by Crippen LogP contribution is -2.57. The van der Waals surface area contributed by atoms with Crippen molar-refractivity contribution in [2.75, 3.05) is 0 Å². The second kappa shape index (κ2) is 10.7. The number of carbonyl (C=O) groups excluding carboxylic acids is 3. The summed E-state index contributed by atoms with van der Waals surface area (Å²) < 4.78 is 0. The highest BCUT2D eigenvalue weighted by atomic mass is 16.4. The van der Waals surface area contributed by atoms with E-state index in [4.69, 9.17) is 11.5 Å². The molecule has 25 heavy (non-hydrogen) atoms. The third-order valence-corrected chi connectivity index (χ3v) is 3.87. The molecule has 0 heterocycles. The molecule has 3 amide bonds. The van der Waals surface area contributed by atoms with Crippen LogP contribution in [-0.4, -0.2) is 46.9 Å². The summed E-state index contributed by atoms with van der Waals surface area (Å²) in [6.45, 7) is 7.28. The minimum atomic E-state index is -1.16. The van der Waals surface area contributed by atoms with Gasteiger partial charge in [-0.05, 0) is 18.3 Å². The molecule has 0 saturated carbocycles. The van der Waals surface area contributed by atoms with Crippen LogP contribution in [0.4, 0.5) is 0 Å². The van der Waals surface area contributed by atoms with E-state index >= 15 is 0 Å². The van der Waals surface area contributed by atoms with Crippen molar-refractivity contribution in [1.82, 2.24) is 10.6 Å². The first-order valence-electron chi connectivity index (χ1n) is 8.36. The summed E-state index contributed by atoms with van der Waals surface area (Å²) in [7, 11) is 0. The number of hydrogen-bond acceptors (Lipinski definition) is 5. The van der Waals surface area contributed by atoms with Gasteiger partial charge in [0.2, 0.25) is 17.7 Å². The predicted molar refractivity (Wildman–Crippen MR) is 92.2 cm³/mol. The van der Waals surface area contributed by atoms with Gasteiger partial charge in [-0.1, -0.05) is 34.1 Å². The van der Waals surface area contributed by atoms with Gasteiger partial charge < -0.3 is 27.2 Å². The normalized spacial score (nSPS) is 15.8. The summed E-state index contributed by atoms with van der Waals surface area (Å²) in [5, 5.41) is 14.2. The maximum atomic E-state index is 12.5. The largest absolute Gasteiger partial charge is 0.480 e. The van der Waals surface area contributed by atoms with Gasteiger partial charge in [-0.25, -0.2) is 4.79 Å². The quantitative estimate of drug-likeness (QED) is 0.329. The number of primary amides is 1. The predicted octanol–water partition coefficient (Wildman–Crippen LogP) is -0.664. The molecule has 0 aromatic heterocycles. The highest BCUT2D eigenvalue weighted by Crippen LogP contribution is 2.11. The number of rotatable bonds is 11. The molecule has 0 aliphatic heterocycles. The van der Waals surface area contributed by atoms with E-state index in [-0.39, 0.29) is 24.7 Å². The van der Waals surface area contributed by atoms with Crippen LogP contribution in [-0.2, 0) is 19.2 Å². The van der Waals surface area contributed by atoms with Crippen molar-refractivity contribution in [3.8, 4) is 0 Å². The maximum Gasteiger partial charge on any atom is 0.326 e. The van der Waals surface area contributed by atoms with Crippen LogP contribution in [0.25, 0.3) is 0 Å². The van der Waals surface area contributed by atoms with Crippen LogP contribution >= 0.6 is 0 Å². The fraction of sp³-hybridized carbons (Fsp3) is 0.750. The van der Waals surface area contributed by atoms with Crippen LogP contribution in [0.3, 0.4) is 0 Å². The van der Waals surface area contributed by atoms with Gasteiger partial charge in [-0.2, -0.15) is 0 Å². The number of amides is 3. The van der Waals surface area contributed by atoms with Gasteiger partial charge in [0.05, 0.1) is 12.5 Å². The summed E-state index contributed by atoms with van der Waals surface area (Å²) in [6.07, 6.45) is 0.501. The Morgan fingerprint density at radius 1 is 1.04 bits per heavy atom. The molecule has 9 nitrogen and oxygen atoms in total. The minimum Gasteiger partial charge on any atom is -0.480 e. The van der Waals surface area contributed by atoms with Gasteiger partial charge in [0.25, 0.3) is 0 Å². The lowest BCUT2D eigenvalue weighted by atomic mass is 9.96. The Morgan fingerprint density at radius 3 is 2.00 bits per heavy atom. The Balaban J connectivity index is 5.12. The average Bonchev–Trinajstić information content (AvgIpc) is 2.49. The Labute approximate surface area is 147 Å². The number of carboxylic acids is 1. The van der Waals surface area contributed by atoms with Gasteiger partial charge in [0.15, 0.2) is 0 Å². The minimum absolute atomic E-state index is 0.0713. The summed E-state index contributed by atoms with van der Waals surface area (Å²) in [6, 6.07) is -3.16. The standard InChI is InChI=1S/C16H30N4O5/c1-5-9(4)13(20-14(22)10(17)7-12(18)21)15(23)19-11(16(24)25)6-8(2)3/h8-11,13H,5-7,17H2,1-4H3,(H2,18,21)(H,19,23)(H,20,22)(H,24,25)/t9-,10-,11-,13-/m0/s1. The molecule has 0 aliphatic carbocycles. The van der Waals surface area contributed by atoms with Crippen LogP contribution in [0.2, 0.25) is 0 Å².